The van der Waals surface area contributed by atoms with Gasteiger partial charge in [0.15, 0.2) is 0 Å². The van der Waals surface area contributed by atoms with E-state index < -0.39 is 0 Å². The summed E-state index contributed by atoms with van der Waals surface area (Å²) in [5, 5.41) is 3.65. The van der Waals surface area contributed by atoms with Crippen LogP contribution in [-0.4, -0.2) is 21.9 Å². The average molecular weight is 494 g/mol. The highest BCUT2D eigenvalue weighted by Crippen LogP contribution is 2.50. The van der Waals surface area contributed by atoms with E-state index in [1.54, 1.807) is 22.7 Å². The molecule has 5 rings (SSSR count). The Morgan fingerprint density at radius 2 is 1.89 bits per heavy atom. The third-order valence-corrected chi connectivity index (χ3v) is 8.11. The first-order chi connectivity index (χ1) is 16.8. The van der Waals surface area contributed by atoms with Crippen molar-refractivity contribution >= 4 is 23.2 Å². The number of imidazole rings is 1. The number of rotatable bonds is 7. The fourth-order valence-electron chi connectivity index (χ4n) is 6.61. The highest BCUT2D eigenvalue weighted by molar-refractivity contribution is 6.30. The first-order valence-electron chi connectivity index (χ1n) is 13.0. The Morgan fingerprint density at radius 1 is 1.17 bits per heavy atom. The molecule has 2 aromatic heterocycles. The van der Waals surface area contributed by atoms with Gasteiger partial charge in [0.1, 0.15) is 17.1 Å². The molecule has 3 aromatic rings. The van der Waals surface area contributed by atoms with E-state index in [-0.39, 0.29) is 11.3 Å². The van der Waals surface area contributed by atoms with Crippen LogP contribution in [-0.2, 0) is 13.0 Å². The van der Waals surface area contributed by atoms with Crippen LogP contribution >= 0.6 is 11.6 Å². The smallest absolute Gasteiger partial charge is 0.270 e. The number of carbonyl (C=O) groups excluding carboxylic acids is 1. The molecule has 0 saturated heterocycles. The summed E-state index contributed by atoms with van der Waals surface area (Å²) in [6.45, 7) is 8.05. The number of carbonyl (C=O) groups is 1. The number of nitrogens with zero attached hydrogens (tertiary/aromatic N) is 2. The Morgan fingerprint density at radius 3 is 2.57 bits per heavy atom. The van der Waals surface area contributed by atoms with Crippen molar-refractivity contribution in [1.29, 1.82) is 0 Å². The number of nitrogens with one attached hydrogen (secondary N) is 1. The maximum absolute atomic E-state index is 13.0. The lowest BCUT2D eigenvalue weighted by atomic mass is 9.60. The number of aromatic nitrogens is 2. The van der Waals surface area contributed by atoms with Crippen LogP contribution in [0.2, 0.25) is 5.02 Å². The summed E-state index contributed by atoms with van der Waals surface area (Å²) < 4.78 is 8.06. The van der Waals surface area contributed by atoms with E-state index in [1.165, 1.54) is 32.1 Å². The minimum atomic E-state index is -0.137. The van der Waals surface area contributed by atoms with E-state index >= 15 is 0 Å². The topological polar surface area (TPSA) is 55.6 Å². The van der Waals surface area contributed by atoms with Gasteiger partial charge in [-0.05, 0) is 80.0 Å². The fraction of sp³-hybridized carbons (Fsp3) is 0.517. The summed E-state index contributed by atoms with van der Waals surface area (Å²) >= 11 is 6.09. The van der Waals surface area contributed by atoms with Gasteiger partial charge in [-0.25, -0.2) is 4.98 Å². The van der Waals surface area contributed by atoms with Gasteiger partial charge in [0.05, 0.1) is 12.3 Å². The zero-order valence-electron chi connectivity index (χ0n) is 21.0. The molecule has 0 spiro atoms. The average Bonchev–Trinajstić information content (AvgIpc) is 3.18. The van der Waals surface area contributed by atoms with Crippen molar-refractivity contribution in [3.63, 3.8) is 0 Å². The molecule has 2 atom stereocenters. The van der Waals surface area contributed by atoms with Gasteiger partial charge in [-0.1, -0.05) is 44.5 Å². The van der Waals surface area contributed by atoms with Crippen molar-refractivity contribution in [2.45, 2.75) is 65.8 Å². The maximum Gasteiger partial charge on any atom is 0.270 e. The van der Waals surface area contributed by atoms with Gasteiger partial charge in [-0.3, -0.25) is 9.20 Å². The second-order valence-corrected chi connectivity index (χ2v) is 11.6. The van der Waals surface area contributed by atoms with E-state index in [1.807, 2.05) is 31.2 Å². The van der Waals surface area contributed by atoms with Crippen molar-refractivity contribution in [3.8, 4) is 5.75 Å². The lowest BCUT2D eigenvalue weighted by Crippen LogP contribution is -2.39. The van der Waals surface area contributed by atoms with Crippen LogP contribution in [0, 0.1) is 23.2 Å². The van der Waals surface area contributed by atoms with Gasteiger partial charge in [-0.2, -0.15) is 0 Å². The molecule has 2 heterocycles. The molecule has 35 heavy (non-hydrogen) atoms. The summed E-state index contributed by atoms with van der Waals surface area (Å²) in [7, 11) is 0. The van der Waals surface area contributed by atoms with Gasteiger partial charge in [0.25, 0.3) is 5.91 Å². The standard InChI is InChI=1S/C29H36ClN3O2/c1-4-25-27(33-10-9-23(30)14-26(33)32-25)28(34)31-17-20-5-7-24(8-6-20)35-18-29(3)15-21-11-19(2)12-22(13-21)16-29/h5-10,14,19,21-22H,4,11-13,15-18H2,1-3H3,(H,31,34). The van der Waals surface area contributed by atoms with Crippen LogP contribution in [0.25, 0.3) is 5.65 Å². The molecule has 2 bridgehead atoms. The molecule has 2 saturated carbocycles. The highest BCUT2D eigenvalue weighted by Gasteiger charge is 2.41. The number of halogens is 1. The van der Waals surface area contributed by atoms with E-state index in [0.29, 0.717) is 29.3 Å². The maximum atomic E-state index is 13.0. The molecule has 1 N–H and O–H groups in total. The predicted molar refractivity (Wildman–Crippen MR) is 140 cm³/mol. The first kappa shape index (κ1) is 24.2. The van der Waals surface area contributed by atoms with Gasteiger partial charge in [0.2, 0.25) is 0 Å². The molecule has 6 heteroatoms. The number of amides is 1. The van der Waals surface area contributed by atoms with Crippen molar-refractivity contribution in [1.82, 2.24) is 14.7 Å². The molecule has 5 nitrogen and oxygen atoms in total. The summed E-state index contributed by atoms with van der Waals surface area (Å²) in [5.74, 6) is 3.39. The molecule has 2 aliphatic carbocycles. The number of aryl methyl sites for hydroxylation is 1. The predicted octanol–water partition coefficient (Wildman–Crippen LogP) is 6.71. The number of ether oxygens (including phenoxy) is 1. The zero-order chi connectivity index (χ0) is 24.6. The van der Waals surface area contributed by atoms with Crippen LogP contribution in [0.3, 0.4) is 0 Å². The van der Waals surface area contributed by atoms with Crippen LogP contribution in [0.5, 0.6) is 5.75 Å². The SMILES string of the molecule is CCc1nc2cc(Cl)ccn2c1C(=O)NCc1ccc(OCC2(C)CC3CC(C)CC(C3)C2)cc1. The van der Waals surface area contributed by atoms with Crippen LogP contribution < -0.4 is 10.1 Å². The molecule has 1 aromatic carbocycles. The van der Waals surface area contributed by atoms with Crippen LogP contribution in [0.1, 0.15) is 74.6 Å². The van der Waals surface area contributed by atoms with E-state index in [0.717, 1.165) is 41.4 Å². The Hall–Kier alpha value is -2.53. The largest absolute Gasteiger partial charge is 0.493 e. The van der Waals surface area contributed by atoms with Gasteiger partial charge >= 0.3 is 0 Å². The monoisotopic (exact) mass is 493 g/mol. The van der Waals surface area contributed by atoms with Crippen molar-refractivity contribution in [3.05, 3.63) is 64.6 Å². The van der Waals surface area contributed by atoms with E-state index in [9.17, 15) is 4.79 Å². The third kappa shape index (κ3) is 5.35. The number of hydrogen-bond donors (Lipinski definition) is 1. The quantitative estimate of drug-likeness (QED) is 0.398. The molecule has 2 unspecified atom stereocenters. The molecular formula is C29H36ClN3O2. The molecule has 2 aliphatic rings. The second kappa shape index (κ2) is 9.85. The van der Waals surface area contributed by atoms with E-state index in [2.05, 4.69) is 24.1 Å². The van der Waals surface area contributed by atoms with Crippen LogP contribution in [0.15, 0.2) is 42.6 Å². The molecule has 1 amide bonds. The minimum Gasteiger partial charge on any atom is -0.493 e. The first-order valence-corrected chi connectivity index (χ1v) is 13.4. The highest BCUT2D eigenvalue weighted by atomic mass is 35.5. The van der Waals surface area contributed by atoms with Crippen molar-refractivity contribution in [2.24, 2.45) is 23.2 Å². The summed E-state index contributed by atoms with van der Waals surface area (Å²) in [6, 6.07) is 11.6. The molecule has 0 aliphatic heterocycles. The minimum absolute atomic E-state index is 0.137. The Bertz CT molecular complexity index is 1180. The number of benzene rings is 1. The third-order valence-electron chi connectivity index (χ3n) is 7.88. The Labute approximate surface area is 213 Å². The summed E-state index contributed by atoms with van der Waals surface area (Å²) in [5.41, 5.74) is 3.33. The lowest BCUT2D eigenvalue weighted by Gasteiger charge is -2.47. The fourth-order valence-corrected chi connectivity index (χ4v) is 6.76. The number of fused-ring (bicyclic) bond motifs is 3. The second-order valence-electron chi connectivity index (χ2n) is 11.2. The molecule has 2 fully saturated rings. The Balaban J connectivity index is 1.17. The molecular weight excluding hydrogens is 458 g/mol. The molecule has 0 radical (unpaired) electrons. The van der Waals surface area contributed by atoms with Crippen LogP contribution in [0.4, 0.5) is 0 Å². The lowest BCUT2D eigenvalue weighted by molar-refractivity contribution is 0.0146. The molecule has 186 valence electrons. The Kier molecular flexibility index (Phi) is 6.80. The normalized spacial score (nSPS) is 26.0. The summed E-state index contributed by atoms with van der Waals surface area (Å²) in [4.78, 5) is 17.6. The number of pyridine rings is 1. The number of hydrogen-bond acceptors (Lipinski definition) is 3. The van der Waals surface area contributed by atoms with Gasteiger partial charge < -0.3 is 10.1 Å². The zero-order valence-corrected chi connectivity index (χ0v) is 21.8. The van der Waals surface area contributed by atoms with Crippen molar-refractivity contribution < 1.29 is 9.53 Å². The van der Waals surface area contributed by atoms with Gasteiger partial charge in [0, 0.05) is 29.2 Å². The summed E-state index contributed by atoms with van der Waals surface area (Å²) in [6.07, 6.45) is 9.23. The van der Waals surface area contributed by atoms with E-state index in [4.69, 9.17) is 16.3 Å². The van der Waals surface area contributed by atoms with Gasteiger partial charge in [-0.15, -0.1) is 0 Å². The van der Waals surface area contributed by atoms with Crippen molar-refractivity contribution in [2.75, 3.05) is 6.61 Å².